The van der Waals surface area contributed by atoms with E-state index >= 15 is 0 Å². The lowest BCUT2D eigenvalue weighted by Gasteiger charge is -2.09. The monoisotopic (exact) mass is 293 g/mol. The van der Waals surface area contributed by atoms with Gasteiger partial charge in [-0.05, 0) is 50.2 Å². The third-order valence-corrected chi connectivity index (χ3v) is 3.32. The Labute approximate surface area is 132 Å². The van der Waals surface area contributed by atoms with Crippen LogP contribution in [0.4, 0.5) is 4.79 Å². The molecule has 1 fully saturated rings. The first-order valence-corrected chi connectivity index (χ1v) is 6.73. The van der Waals surface area contributed by atoms with E-state index in [-0.39, 0.29) is 12.8 Å². The molecule has 0 saturated carbocycles. The van der Waals surface area contributed by atoms with Crippen LogP contribution < -0.4 is 5.31 Å². The molecule has 3 rings (SSSR count). The molecule has 2 heterocycles. The Kier molecular flexibility index (Phi) is 2.32. The lowest BCUT2D eigenvalue weighted by molar-refractivity contribution is 0.177. The van der Waals surface area contributed by atoms with E-state index in [0.29, 0.717) is 27.3 Å². The van der Waals surface area contributed by atoms with Crippen molar-refractivity contribution >= 4 is 17.0 Å². The fraction of sp³-hybridized carbons (Fsp3) is 0.438. The minimum absolute atomic E-state index is 0.0708. The Bertz CT molecular complexity index is 882. The van der Waals surface area contributed by atoms with Gasteiger partial charge < -0.3 is 19.9 Å². The van der Waals surface area contributed by atoms with Crippen LogP contribution in [0.2, 0.25) is 2.82 Å². The van der Waals surface area contributed by atoms with Crippen molar-refractivity contribution in [2.24, 2.45) is 0 Å². The summed E-state index contributed by atoms with van der Waals surface area (Å²) in [5.74, 6) is 0. The van der Waals surface area contributed by atoms with Gasteiger partial charge in [-0.2, -0.15) is 0 Å². The number of alkyl carbamates (subject to hydrolysis) is 1. The molecule has 1 aromatic heterocycles. The Morgan fingerprint density at radius 2 is 2.43 bits per heavy atom. The van der Waals surface area contributed by atoms with E-state index in [1.165, 1.54) is 9.88 Å². The van der Waals surface area contributed by atoms with Crippen molar-refractivity contribution in [1.82, 2.24) is 15.2 Å². The number of nitrogens with one attached hydrogen (secondary N) is 2. The molecule has 1 aromatic carbocycles. The van der Waals surface area contributed by atoms with Crippen molar-refractivity contribution < 1.29 is 17.8 Å². The van der Waals surface area contributed by atoms with Crippen molar-refractivity contribution in [3.05, 3.63) is 35.5 Å². The summed E-state index contributed by atoms with van der Waals surface area (Å²) < 4.78 is 52.2. The highest BCUT2D eigenvalue weighted by molar-refractivity contribution is 5.84. The molecule has 5 nitrogen and oxygen atoms in total. The van der Waals surface area contributed by atoms with Gasteiger partial charge in [0.25, 0.3) is 0 Å². The smallest absolute Gasteiger partial charge is 0.407 e. The maximum Gasteiger partial charge on any atom is 0.407 e. The third-order valence-electron chi connectivity index (χ3n) is 3.32. The number of hydrogen-bond acceptors (Lipinski definition) is 3. The zero-order valence-electron chi connectivity index (χ0n) is 18.0. The third kappa shape index (κ3) is 3.19. The number of aryl methyl sites for hydroxylation is 1. The zero-order valence-corrected chi connectivity index (χ0v) is 12.0. The molecule has 1 aliphatic rings. The Hall–Kier alpha value is -2.01. The quantitative estimate of drug-likeness (QED) is 0.885. The summed E-state index contributed by atoms with van der Waals surface area (Å²) in [5.41, 5.74) is 1.93. The van der Waals surface area contributed by atoms with E-state index in [0.717, 1.165) is 0 Å². The van der Waals surface area contributed by atoms with Gasteiger partial charge in [-0.1, -0.05) is 6.07 Å². The highest BCUT2D eigenvalue weighted by atomic mass is 16.6. The summed E-state index contributed by atoms with van der Waals surface area (Å²) >= 11 is 0. The van der Waals surface area contributed by atoms with E-state index in [1.807, 2.05) is 0 Å². The molecule has 1 atom stereocenters. The number of likely N-dealkylation sites (N-methyl/N-ethyl adjacent to an activating group) is 1. The van der Waals surface area contributed by atoms with Crippen molar-refractivity contribution in [3.63, 3.8) is 0 Å². The predicted molar refractivity (Wildman–Crippen MR) is 82.5 cm³/mol. The fourth-order valence-corrected chi connectivity index (χ4v) is 2.29. The van der Waals surface area contributed by atoms with Crippen LogP contribution in [-0.2, 0) is 17.6 Å². The average Bonchev–Trinajstić information content (AvgIpc) is 2.95. The predicted octanol–water partition coefficient (Wildman–Crippen LogP) is 1.92. The van der Waals surface area contributed by atoms with Gasteiger partial charge in [-0.15, -0.1) is 0 Å². The van der Waals surface area contributed by atoms with Crippen LogP contribution in [0.15, 0.2) is 24.4 Å². The van der Waals surface area contributed by atoms with Gasteiger partial charge in [0.15, 0.2) is 2.82 Å². The molecule has 2 aromatic rings. The molecule has 1 saturated heterocycles. The Morgan fingerprint density at radius 3 is 3.14 bits per heavy atom. The van der Waals surface area contributed by atoms with Crippen LogP contribution in [0.1, 0.15) is 16.6 Å². The van der Waals surface area contributed by atoms with Crippen LogP contribution in [0.5, 0.6) is 0 Å². The maximum absolute atomic E-state index is 11.5. The number of nitrogens with zero attached hydrogens (tertiary/aromatic N) is 1. The number of H-pyrrole nitrogens is 1. The topological polar surface area (TPSA) is 57.4 Å². The normalized spacial score (nSPS) is 26.0. The summed E-state index contributed by atoms with van der Waals surface area (Å²) in [6, 6.07) is 4.09. The summed E-state index contributed by atoms with van der Waals surface area (Å²) in [6.45, 7) is -3.86. The highest BCUT2D eigenvalue weighted by Gasteiger charge is 2.22. The molecule has 1 amide bonds. The number of aromatic nitrogens is 1. The van der Waals surface area contributed by atoms with E-state index < -0.39 is 25.2 Å². The number of carbonyl (C=O) groups is 1. The van der Waals surface area contributed by atoms with Gasteiger partial charge in [0.1, 0.15) is 6.56 Å². The van der Waals surface area contributed by atoms with E-state index in [2.05, 4.69) is 4.74 Å². The SMILES string of the molecule is [2H]N1C(=O)OC([2H])([2H])[C@@H]1Cc1ccc2c(c1)c(CC([2H])([2H])N(C)C)cn2[2H]. The van der Waals surface area contributed by atoms with Crippen LogP contribution in [0.25, 0.3) is 10.9 Å². The second-order valence-electron chi connectivity index (χ2n) is 5.20. The molecule has 1 aliphatic heterocycles. The lowest BCUT2D eigenvalue weighted by Crippen LogP contribution is -2.28. The van der Waals surface area contributed by atoms with Crippen molar-refractivity contribution in [2.45, 2.75) is 18.9 Å². The second kappa shape index (κ2) is 5.77. The molecule has 0 spiro atoms. The number of rotatable bonds is 5. The van der Waals surface area contributed by atoms with Crippen molar-refractivity contribution in [3.8, 4) is 0 Å². The van der Waals surface area contributed by atoms with Crippen molar-refractivity contribution in [2.75, 3.05) is 27.2 Å². The van der Waals surface area contributed by atoms with Gasteiger partial charge in [-0.25, -0.2) is 4.79 Å². The van der Waals surface area contributed by atoms with Crippen molar-refractivity contribution in [1.29, 1.82) is 0 Å². The number of fused-ring (bicyclic) bond motifs is 1. The van der Waals surface area contributed by atoms with Crippen LogP contribution >= 0.6 is 0 Å². The molecule has 0 unspecified atom stereocenters. The van der Waals surface area contributed by atoms with Crippen LogP contribution in [-0.4, -0.2) is 49.2 Å². The molecule has 112 valence electrons. The number of cyclic esters (lactones) is 1. The number of amides is 1. The molecule has 5 heteroatoms. The molecule has 21 heavy (non-hydrogen) atoms. The van der Waals surface area contributed by atoms with Crippen LogP contribution in [0.3, 0.4) is 0 Å². The molecule has 0 aliphatic carbocycles. The van der Waals surface area contributed by atoms with Gasteiger partial charge in [0, 0.05) is 26.3 Å². The summed E-state index contributed by atoms with van der Waals surface area (Å²) in [6.07, 6.45) is 0.695. The highest BCUT2D eigenvalue weighted by Crippen LogP contribution is 2.21. The van der Waals surface area contributed by atoms with Crippen LogP contribution in [0, 0.1) is 0 Å². The second-order valence-corrected chi connectivity index (χ2v) is 5.20. The number of hydrogen-bond donors (Lipinski definition) is 2. The number of carbonyl (C=O) groups excluding carboxylic acids is 1. The summed E-state index contributed by atoms with van der Waals surface area (Å²) in [5, 5.41) is 1.20. The van der Waals surface area contributed by atoms with Gasteiger partial charge in [0.2, 0.25) is 0 Å². The lowest BCUT2D eigenvalue weighted by atomic mass is 10.0. The van der Waals surface area contributed by atoms with Gasteiger partial charge in [-0.3, -0.25) is 0 Å². The number of benzene rings is 1. The van der Waals surface area contributed by atoms with E-state index in [4.69, 9.17) is 8.31 Å². The first-order valence-electron chi connectivity index (χ1n) is 9.62. The molecular weight excluding hydrogens is 266 g/mol. The first kappa shape index (κ1) is 8.44. The first-order chi connectivity index (χ1) is 12.4. The Balaban J connectivity index is 1.95. The van der Waals surface area contributed by atoms with Gasteiger partial charge in [0.05, 0.1) is 8.78 Å². The average molecular weight is 293 g/mol. The molecule has 0 bridgehead atoms. The molecule has 0 radical (unpaired) electrons. The minimum Gasteiger partial charge on any atom is -0.447 e. The maximum atomic E-state index is 11.5. The summed E-state index contributed by atoms with van der Waals surface area (Å²) in [4.78, 5) is 14.1. The fourth-order valence-electron chi connectivity index (χ4n) is 2.29. The minimum atomic E-state index is -2.26. The summed E-state index contributed by atoms with van der Waals surface area (Å²) in [7, 11) is 3.29. The largest absolute Gasteiger partial charge is 0.447 e. The molecule has 2 N–H and O–H groups in total. The van der Waals surface area contributed by atoms with Gasteiger partial charge >= 0.3 is 6.09 Å². The van der Waals surface area contributed by atoms with E-state index in [9.17, 15) is 4.79 Å². The van der Waals surface area contributed by atoms with E-state index in [1.54, 1.807) is 38.5 Å². The number of ether oxygens (including phenoxy) is 1. The zero-order chi connectivity index (χ0) is 20.1. The standard InChI is InChI=1S/C16H21N3O2/c1-19(2)6-5-12-9-17-15-4-3-11(8-14(12)15)7-13-10-21-16(20)18-13/h3-4,8-9,13,17H,5-7,10H2,1-2H3,(H,18,20)/t13-/m0/s1/i6D2,10D2/hD2. The molecular formula is C16H21N3O2. The number of aromatic amines is 1. The Morgan fingerprint density at radius 1 is 1.57 bits per heavy atom.